The molecule has 1 saturated heterocycles. The maximum atomic E-state index is 12.5. The van der Waals surface area contributed by atoms with Gasteiger partial charge in [0.25, 0.3) is 5.91 Å². The molecule has 0 unspecified atom stereocenters. The summed E-state index contributed by atoms with van der Waals surface area (Å²) in [6.45, 7) is 8.98. The summed E-state index contributed by atoms with van der Waals surface area (Å²) in [7, 11) is 0. The molecule has 2 aliphatic heterocycles. The zero-order valence-corrected chi connectivity index (χ0v) is 18.1. The van der Waals surface area contributed by atoms with E-state index in [4.69, 9.17) is 4.74 Å². The van der Waals surface area contributed by atoms with E-state index >= 15 is 0 Å². The van der Waals surface area contributed by atoms with Crippen molar-refractivity contribution < 1.29 is 19.3 Å². The number of carbonyl (C=O) groups is 1. The van der Waals surface area contributed by atoms with Crippen LogP contribution < -0.4 is 19.9 Å². The smallest absolute Gasteiger partial charge is 0.275 e. The molecular formula is C25H35N3O2+2. The molecule has 0 saturated carbocycles. The lowest BCUT2D eigenvalue weighted by Gasteiger charge is -2.29. The third-order valence-corrected chi connectivity index (χ3v) is 6.40. The van der Waals surface area contributed by atoms with E-state index in [1.165, 1.54) is 21.6 Å². The van der Waals surface area contributed by atoms with Gasteiger partial charge in [0.1, 0.15) is 38.5 Å². The van der Waals surface area contributed by atoms with Crippen molar-refractivity contribution in [3.63, 3.8) is 0 Å². The Balaban J connectivity index is 1.15. The van der Waals surface area contributed by atoms with E-state index in [0.717, 1.165) is 64.3 Å². The average Bonchev–Trinajstić information content (AvgIpc) is 3.22. The lowest BCUT2D eigenvalue weighted by atomic mass is 10.1. The van der Waals surface area contributed by atoms with Gasteiger partial charge in [-0.25, -0.2) is 0 Å². The van der Waals surface area contributed by atoms with Crippen molar-refractivity contribution >= 4 is 5.91 Å². The molecule has 1 amide bonds. The van der Waals surface area contributed by atoms with Crippen molar-refractivity contribution in [3.8, 4) is 5.75 Å². The molecule has 0 aliphatic carbocycles. The van der Waals surface area contributed by atoms with Crippen LogP contribution in [0.25, 0.3) is 0 Å². The monoisotopic (exact) mass is 409 g/mol. The first-order chi connectivity index (χ1) is 14.7. The van der Waals surface area contributed by atoms with Crippen LogP contribution in [0.4, 0.5) is 0 Å². The highest BCUT2D eigenvalue weighted by Crippen LogP contribution is 2.25. The van der Waals surface area contributed by atoms with Gasteiger partial charge < -0.3 is 19.9 Å². The quantitative estimate of drug-likeness (QED) is 0.577. The Labute approximate surface area is 180 Å². The van der Waals surface area contributed by atoms with E-state index in [0.29, 0.717) is 6.54 Å². The van der Waals surface area contributed by atoms with Crippen molar-refractivity contribution in [1.82, 2.24) is 5.32 Å². The zero-order chi connectivity index (χ0) is 20.8. The number of benzene rings is 2. The Morgan fingerprint density at radius 2 is 1.80 bits per heavy atom. The lowest BCUT2D eigenvalue weighted by Crippen LogP contribution is -3.28. The topological polar surface area (TPSA) is 47.2 Å². The number of piperazine rings is 1. The number of rotatable bonds is 8. The van der Waals surface area contributed by atoms with Crippen molar-refractivity contribution in [3.05, 3.63) is 65.2 Å². The van der Waals surface area contributed by atoms with Gasteiger partial charge in [-0.3, -0.25) is 4.79 Å². The van der Waals surface area contributed by atoms with E-state index in [-0.39, 0.29) is 11.9 Å². The van der Waals surface area contributed by atoms with Gasteiger partial charge in [-0.05, 0) is 49.1 Å². The summed E-state index contributed by atoms with van der Waals surface area (Å²) < 4.78 is 5.61. The molecule has 0 radical (unpaired) electrons. The van der Waals surface area contributed by atoms with Crippen molar-refractivity contribution in [2.45, 2.75) is 38.8 Å². The molecule has 5 heteroatoms. The number of aryl methyl sites for hydroxylation is 1. The minimum absolute atomic E-state index is 0.188. The summed E-state index contributed by atoms with van der Waals surface area (Å²) in [6, 6.07) is 17.4. The van der Waals surface area contributed by atoms with Crippen LogP contribution in [0.3, 0.4) is 0 Å². The van der Waals surface area contributed by atoms with Gasteiger partial charge >= 0.3 is 0 Å². The summed E-state index contributed by atoms with van der Waals surface area (Å²) >= 11 is 0. The van der Waals surface area contributed by atoms with Gasteiger partial charge in [0.05, 0.1) is 6.61 Å². The van der Waals surface area contributed by atoms with Gasteiger partial charge in [-0.1, -0.05) is 30.3 Å². The number of nitrogens with one attached hydrogen (secondary N) is 3. The second kappa shape index (κ2) is 10.1. The van der Waals surface area contributed by atoms with Crippen molar-refractivity contribution in [2.24, 2.45) is 0 Å². The molecule has 3 N–H and O–H groups in total. The third-order valence-electron chi connectivity index (χ3n) is 6.40. The zero-order valence-electron chi connectivity index (χ0n) is 18.1. The summed E-state index contributed by atoms with van der Waals surface area (Å²) in [6.07, 6.45) is 3.02. The van der Waals surface area contributed by atoms with Gasteiger partial charge in [-0.15, -0.1) is 0 Å². The molecule has 160 valence electrons. The predicted octanol–water partition coefficient (Wildman–Crippen LogP) is 0.0424. The second-order valence-electron chi connectivity index (χ2n) is 8.89. The molecule has 0 spiro atoms. The van der Waals surface area contributed by atoms with E-state index in [9.17, 15) is 4.79 Å². The molecule has 0 aromatic heterocycles. The fourth-order valence-corrected chi connectivity index (χ4v) is 4.60. The van der Waals surface area contributed by atoms with Crippen LogP contribution in [-0.4, -0.2) is 51.3 Å². The molecule has 1 atom stereocenters. The fourth-order valence-electron chi connectivity index (χ4n) is 4.60. The van der Waals surface area contributed by atoms with Crippen LogP contribution in [0.2, 0.25) is 0 Å². The van der Waals surface area contributed by atoms with Gasteiger partial charge in [0.2, 0.25) is 0 Å². The molecule has 1 fully saturated rings. The highest BCUT2D eigenvalue weighted by molar-refractivity contribution is 5.77. The number of quaternary nitrogens is 2. The predicted molar refractivity (Wildman–Crippen MR) is 118 cm³/mol. The van der Waals surface area contributed by atoms with E-state index < -0.39 is 0 Å². The van der Waals surface area contributed by atoms with Crippen LogP contribution in [0, 0.1) is 0 Å². The molecule has 0 bridgehead atoms. The van der Waals surface area contributed by atoms with E-state index in [1.807, 2.05) is 6.07 Å². The number of hydrogen-bond acceptors (Lipinski definition) is 2. The molecule has 2 heterocycles. The van der Waals surface area contributed by atoms with Crippen molar-refractivity contribution in [1.29, 1.82) is 0 Å². The van der Waals surface area contributed by atoms with Crippen LogP contribution >= 0.6 is 0 Å². The number of carbonyl (C=O) groups excluding carboxylic acids is 1. The van der Waals surface area contributed by atoms with E-state index in [1.54, 1.807) is 4.90 Å². The first-order valence-electron chi connectivity index (χ1n) is 11.4. The number of fused-ring (bicyclic) bond motifs is 1. The molecule has 5 nitrogen and oxygen atoms in total. The molecule has 30 heavy (non-hydrogen) atoms. The van der Waals surface area contributed by atoms with E-state index in [2.05, 4.69) is 54.7 Å². The molecule has 2 aliphatic rings. The Hall–Kier alpha value is -2.37. The maximum Gasteiger partial charge on any atom is 0.275 e. The Kier molecular flexibility index (Phi) is 7.03. The number of amides is 1. The SMILES string of the molecule is C[C@@H](CCc1ccccc1)NC(=O)C[NH+]1CC[NH+](Cc2ccc3c(c2)CCO3)CC1. The minimum Gasteiger partial charge on any atom is -0.493 e. The largest absolute Gasteiger partial charge is 0.493 e. The lowest BCUT2D eigenvalue weighted by molar-refractivity contribution is -1.02. The standard InChI is InChI=1S/C25H33N3O2/c1-20(7-8-21-5-3-2-4-6-21)26-25(29)19-28-14-12-27(13-15-28)18-22-9-10-24-23(17-22)11-16-30-24/h2-6,9-10,17,20H,7-8,11-16,18-19H2,1H3,(H,26,29)/p+2/t20-/m0/s1. The van der Waals surface area contributed by atoms with Gasteiger partial charge in [0.15, 0.2) is 6.54 Å². The molecule has 4 rings (SSSR count). The normalized spacial score (nSPS) is 21.5. The van der Waals surface area contributed by atoms with Gasteiger partial charge in [-0.2, -0.15) is 0 Å². The summed E-state index contributed by atoms with van der Waals surface area (Å²) in [5.74, 6) is 1.25. The minimum atomic E-state index is 0.188. The number of ether oxygens (including phenoxy) is 1. The maximum absolute atomic E-state index is 12.5. The second-order valence-corrected chi connectivity index (χ2v) is 8.89. The van der Waals surface area contributed by atoms with Crippen LogP contribution in [0.1, 0.15) is 30.0 Å². The highest BCUT2D eigenvalue weighted by Gasteiger charge is 2.25. The summed E-state index contributed by atoms with van der Waals surface area (Å²) in [5.41, 5.74) is 4.09. The molecule has 2 aromatic rings. The van der Waals surface area contributed by atoms with Gasteiger partial charge in [0, 0.05) is 18.0 Å². The Morgan fingerprint density at radius 3 is 2.60 bits per heavy atom. The summed E-state index contributed by atoms with van der Waals surface area (Å²) in [5, 5.41) is 3.19. The summed E-state index contributed by atoms with van der Waals surface area (Å²) in [4.78, 5) is 15.5. The molecular weight excluding hydrogens is 374 g/mol. The van der Waals surface area contributed by atoms with Crippen LogP contribution in [-0.2, 0) is 24.2 Å². The highest BCUT2D eigenvalue weighted by atomic mass is 16.5. The van der Waals surface area contributed by atoms with Crippen LogP contribution in [0.15, 0.2) is 48.5 Å². The average molecular weight is 410 g/mol. The fraction of sp³-hybridized carbons (Fsp3) is 0.480. The third kappa shape index (κ3) is 5.83. The van der Waals surface area contributed by atoms with Crippen LogP contribution in [0.5, 0.6) is 5.75 Å². The van der Waals surface area contributed by atoms with Crippen molar-refractivity contribution in [2.75, 3.05) is 39.3 Å². The first-order valence-corrected chi connectivity index (χ1v) is 11.4. The Morgan fingerprint density at radius 1 is 1.03 bits per heavy atom. The number of hydrogen-bond donors (Lipinski definition) is 3. The molecule has 2 aromatic carbocycles. The Bertz CT molecular complexity index is 832. The first kappa shape index (κ1) is 20.9.